The van der Waals surface area contributed by atoms with E-state index in [2.05, 4.69) is 9.71 Å². The number of rotatable bonds is 3. The van der Waals surface area contributed by atoms with Crippen LogP contribution < -0.4 is 15.8 Å². The highest BCUT2D eigenvalue weighted by molar-refractivity contribution is 7.89. The normalized spacial score (nSPS) is 24.0. The first-order valence-corrected chi connectivity index (χ1v) is 8.70. The van der Waals surface area contributed by atoms with E-state index in [1.54, 1.807) is 12.1 Å². The number of ether oxygens (including phenoxy) is 1. The lowest BCUT2D eigenvalue weighted by Gasteiger charge is -2.24. The topological polar surface area (TPSA) is 93.8 Å². The Morgan fingerprint density at radius 2 is 2.29 bits per heavy atom. The molecule has 7 heteroatoms. The summed E-state index contributed by atoms with van der Waals surface area (Å²) < 4.78 is 32.7. The average Bonchev–Trinajstić information content (AvgIpc) is 2.44. The molecule has 6 nitrogen and oxygen atoms in total. The fourth-order valence-electron chi connectivity index (χ4n) is 2.81. The molecule has 1 aromatic rings. The smallest absolute Gasteiger partial charge is 0.259 e. The van der Waals surface area contributed by atoms with Gasteiger partial charge in [0.15, 0.2) is 0 Å². The van der Waals surface area contributed by atoms with Crippen LogP contribution in [-0.2, 0) is 15.8 Å². The molecule has 0 aromatic heterocycles. The maximum atomic E-state index is 11.6. The Kier molecular flexibility index (Phi) is 3.86. The van der Waals surface area contributed by atoms with Gasteiger partial charge in [0, 0.05) is 12.5 Å². The Hall–Kier alpha value is -1.60. The molecule has 114 valence electrons. The minimum Gasteiger partial charge on any atom is -0.492 e. The average molecular weight is 309 g/mol. The molecule has 0 radical (unpaired) electrons. The number of fused-ring (bicyclic) bond motifs is 1. The van der Waals surface area contributed by atoms with Crippen molar-refractivity contribution in [3.63, 3.8) is 0 Å². The standard InChI is InChI=1S/C14H19N3O3S/c15-14-13-11(9-21(18,19)17-14)4-1-5-12(13)20-8-10-3-2-6-16-7-10/h1,4-5,10,16H,2-3,6-9H2,(H2,15,17)/t10-/m0/s1. The van der Waals surface area contributed by atoms with Gasteiger partial charge in [-0.15, -0.1) is 4.40 Å². The van der Waals surface area contributed by atoms with E-state index in [-0.39, 0.29) is 11.6 Å². The number of nitrogens with one attached hydrogen (secondary N) is 1. The van der Waals surface area contributed by atoms with Crippen LogP contribution in [-0.4, -0.2) is 33.9 Å². The molecule has 3 N–H and O–H groups in total. The van der Waals surface area contributed by atoms with Crippen LogP contribution in [0.1, 0.15) is 24.0 Å². The number of sulfonamides is 1. The first kappa shape index (κ1) is 14.3. The number of hydrogen-bond donors (Lipinski definition) is 2. The third-order valence-electron chi connectivity index (χ3n) is 3.82. The molecule has 3 rings (SSSR count). The minimum atomic E-state index is -3.50. The largest absolute Gasteiger partial charge is 0.492 e. The second-order valence-electron chi connectivity index (χ2n) is 5.52. The Morgan fingerprint density at radius 3 is 3.05 bits per heavy atom. The van der Waals surface area contributed by atoms with Crippen molar-refractivity contribution in [3.8, 4) is 5.75 Å². The molecule has 2 aliphatic heterocycles. The molecule has 0 unspecified atom stereocenters. The Labute approximate surface area is 124 Å². The first-order valence-electron chi connectivity index (χ1n) is 7.09. The molecule has 0 saturated carbocycles. The van der Waals surface area contributed by atoms with Crippen molar-refractivity contribution in [2.45, 2.75) is 18.6 Å². The third kappa shape index (κ3) is 3.19. The maximum Gasteiger partial charge on any atom is 0.259 e. The molecule has 21 heavy (non-hydrogen) atoms. The van der Waals surface area contributed by atoms with Crippen molar-refractivity contribution in [3.05, 3.63) is 29.3 Å². The van der Waals surface area contributed by atoms with Gasteiger partial charge in [-0.2, -0.15) is 0 Å². The molecule has 1 aromatic carbocycles. The number of hydrogen-bond acceptors (Lipinski definition) is 5. The highest BCUT2D eigenvalue weighted by Gasteiger charge is 2.25. The summed E-state index contributed by atoms with van der Waals surface area (Å²) in [6.07, 6.45) is 2.29. The lowest BCUT2D eigenvalue weighted by Crippen LogP contribution is -2.33. The fourth-order valence-corrected chi connectivity index (χ4v) is 3.90. The van der Waals surface area contributed by atoms with Crippen LogP contribution in [0, 0.1) is 5.92 Å². The van der Waals surface area contributed by atoms with E-state index in [1.165, 1.54) is 0 Å². The van der Waals surface area contributed by atoms with Crippen LogP contribution in [0.25, 0.3) is 0 Å². The summed E-state index contributed by atoms with van der Waals surface area (Å²) in [7, 11) is -3.50. The summed E-state index contributed by atoms with van der Waals surface area (Å²) in [6, 6.07) is 5.36. The Balaban J connectivity index is 1.81. The molecule has 1 saturated heterocycles. The lowest BCUT2D eigenvalue weighted by molar-refractivity contribution is 0.218. The van der Waals surface area contributed by atoms with Crippen LogP contribution >= 0.6 is 0 Å². The quantitative estimate of drug-likeness (QED) is 0.853. The van der Waals surface area contributed by atoms with Crippen molar-refractivity contribution < 1.29 is 13.2 Å². The van der Waals surface area contributed by atoms with E-state index in [4.69, 9.17) is 10.5 Å². The highest BCUT2D eigenvalue weighted by atomic mass is 32.2. The van der Waals surface area contributed by atoms with Gasteiger partial charge in [0.05, 0.1) is 17.9 Å². The summed E-state index contributed by atoms with van der Waals surface area (Å²) >= 11 is 0. The van der Waals surface area contributed by atoms with E-state index >= 15 is 0 Å². The van der Waals surface area contributed by atoms with Gasteiger partial charge in [-0.05, 0) is 31.0 Å². The van der Waals surface area contributed by atoms with Gasteiger partial charge in [0.2, 0.25) is 0 Å². The number of benzene rings is 1. The zero-order chi connectivity index (χ0) is 14.9. The van der Waals surface area contributed by atoms with Gasteiger partial charge in [0.25, 0.3) is 10.0 Å². The van der Waals surface area contributed by atoms with Gasteiger partial charge in [-0.3, -0.25) is 0 Å². The summed E-state index contributed by atoms with van der Waals surface area (Å²) in [4.78, 5) is 0. The molecule has 1 atom stereocenters. The molecule has 0 bridgehead atoms. The molecule has 0 amide bonds. The predicted octanol–water partition coefficient (Wildman–Crippen LogP) is 0.614. The molecular weight excluding hydrogens is 290 g/mol. The molecule has 2 aliphatic rings. The van der Waals surface area contributed by atoms with Crippen molar-refractivity contribution in [2.24, 2.45) is 16.0 Å². The summed E-state index contributed by atoms with van der Waals surface area (Å²) in [5.74, 6) is 0.994. The molecule has 1 fully saturated rings. The van der Waals surface area contributed by atoms with Crippen LogP contribution in [0.3, 0.4) is 0 Å². The van der Waals surface area contributed by atoms with Gasteiger partial charge < -0.3 is 15.8 Å². The second-order valence-corrected chi connectivity index (χ2v) is 7.15. The molecular formula is C14H19N3O3S. The fraction of sp³-hybridized carbons (Fsp3) is 0.500. The SMILES string of the molecule is NC1=NS(=O)(=O)Cc2cccc(OC[C@H]3CCCNC3)c21. The van der Waals surface area contributed by atoms with E-state index in [1.807, 2.05) is 6.07 Å². The summed E-state index contributed by atoms with van der Waals surface area (Å²) in [5, 5.41) is 3.35. The highest BCUT2D eigenvalue weighted by Crippen LogP contribution is 2.28. The number of nitrogens with two attached hydrogens (primary N) is 1. The molecule has 2 heterocycles. The lowest BCUT2D eigenvalue weighted by atomic mass is 10.0. The van der Waals surface area contributed by atoms with E-state index in [0.717, 1.165) is 25.9 Å². The van der Waals surface area contributed by atoms with E-state index in [0.29, 0.717) is 29.4 Å². The van der Waals surface area contributed by atoms with Crippen LogP contribution in [0.4, 0.5) is 0 Å². The van der Waals surface area contributed by atoms with E-state index < -0.39 is 10.0 Å². The number of nitrogens with zero attached hydrogens (tertiary/aromatic N) is 1. The second kappa shape index (κ2) is 5.65. The molecule has 0 aliphatic carbocycles. The van der Waals surface area contributed by atoms with Crippen molar-refractivity contribution in [1.82, 2.24) is 5.32 Å². The first-order chi connectivity index (χ1) is 10.1. The van der Waals surface area contributed by atoms with Gasteiger partial charge in [-0.25, -0.2) is 8.42 Å². The maximum absolute atomic E-state index is 11.6. The number of piperidine rings is 1. The third-order valence-corrected chi connectivity index (χ3v) is 4.97. The zero-order valence-electron chi connectivity index (χ0n) is 11.7. The van der Waals surface area contributed by atoms with Gasteiger partial charge in [-0.1, -0.05) is 12.1 Å². The van der Waals surface area contributed by atoms with Crippen LogP contribution in [0.2, 0.25) is 0 Å². The Morgan fingerprint density at radius 1 is 1.43 bits per heavy atom. The molecule has 0 spiro atoms. The minimum absolute atomic E-state index is 0.0219. The Bertz CT molecular complexity index is 664. The summed E-state index contributed by atoms with van der Waals surface area (Å²) in [5.41, 5.74) is 7.09. The summed E-state index contributed by atoms with van der Waals surface area (Å²) in [6.45, 7) is 2.62. The van der Waals surface area contributed by atoms with Gasteiger partial charge >= 0.3 is 0 Å². The monoisotopic (exact) mass is 309 g/mol. The van der Waals surface area contributed by atoms with E-state index in [9.17, 15) is 8.42 Å². The van der Waals surface area contributed by atoms with Crippen LogP contribution in [0.5, 0.6) is 5.75 Å². The van der Waals surface area contributed by atoms with Crippen LogP contribution in [0.15, 0.2) is 22.6 Å². The van der Waals surface area contributed by atoms with Gasteiger partial charge in [0.1, 0.15) is 11.6 Å². The predicted molar refractivity (Wildman–Crippen MR) is 80.9 cm³/mol. The zero-order valence-corrected chi connectivity index (χ0v) is 12.5. The van der Waals surface area contributed by atoms with Crippen molar-refractivity contribution in [1.29, 1.82) is 0 Å². The van der Waals surface area contributed by atoms with Crippen molar-refractivity contribution in [2.75, 3.05) is 19.7 Å². The number of amidine groups is 1. The van der Waals surface area contributed by atoms with Crippen molar-refractivity contribution >= 4 is 15.9 Å².